The Hall–Kier alpha value is -1.80. The summed E-state index contributed by atoms with van der Waals surface area (Å²) < 4.78 is 0. The van der Waals surface area contributed by atoms with E-state index in [9.17, 15) is 0 Å². The van der Waals surface area contributed by atoms with Crippen molar-refractivity contribution in [3.8, 4) is 0 Å². The first-order valence-corrected chi connectivity index (χ1v) is 8.24. The maximum absolute atomic E-state index is 4.29. The molecule has 1 saturated heterocycles. The van der Waals surface area contributed by atoms with Gasteiger partial charge in [-0.1, -0.05) is 42.5 Å². The number of hydrogen-bond donors (Lipinski definition) is 2. The number of fused-ring (bicyclic) bond motifs is 3. The molecule has 3 unspecified atom stereocenters. The SMILES string of the molecule is C=C1C=CC2CC1C(Cc1c[nH]c3ccccc13)NC2(C)C. The van der Waals surface area contributed by atoms with E-state index in [1.807, 2.05) is 0 Å². The molecule has 1 aromatic heterocycles. The molecule has 114 valence electrons. The van der Waals surface area contributed by atoms with Gasteiger partial charge in [-0.3, -0.25) is 0 Å². The molecule has 2 heterocycles. The van der Waals surface area contributed by atoms with Crippen LogP contribution in [0.25, 0.3) is 10.9 Å². The van der Waals surface area contributed by atoms with Crippen LogP contribution in [0.4, 0.5) is 0 Å². The molecule has 0 saturated carbocycles. The number of piperidine rings is 1. The predicted molar refractivity (Wildman–Crippen MR) is 92.9 cm³/mol. The molecule has 2 bridgehead atoms. The molecule has 0 amide bonds. The highest BCUT2D eigenvalue weighted by molar-refractivity contribution is 5.83. The number of H-pyrrole nitrogens is 1. The number of aromatic nitrogens is 1. The zero-order valence-corrected chi connectivity index (χ0v) is 13.4. The first kappa shape index (κ1) is 13.8. The largest absolute Gasteiger partial charge is 0.361 e. The van der Waals surface area contributed by atoms with Crippen LogP contribution in [0.5, 0.6) is 0 Å². The number of hydrogen-bond acceptors (Lipinski definition) is 1. The molecule has 2 aromatic rings. The van der Waals surface area contributed by atoms with E-state index in [1.54, 1.807) is 0 Å². The normalized spacial score (nSPS) is 29.9. The summed E-state index contributed by atoms with van der Waals surface area (Å²) >= 11 is 0. The van der Waals surface area contributed by atoms with Crippen LogP contribution in [0.3, 0.4) is 0 Å². The molecule has 1 aliphatic heterocycles. The first-order valence-electron chi connectivity index (χ1n) is 8.24. The van der Waals surface area contributed by atoms with Crippen molar-refractivity contribution >= 4 is 10.9 Å². The van der Waals surface area contributed by atoms with Gasteiger partial charge in [0.2, 0.25) is 0 Å². The van der Waals surface area contributed by atoms with Crippen molar-refractivity contribution in [2.24, 2.45) is 11.8 Å². The lowest BCUT2D eigenvalue weighted by atomic mass is 9.67. The van der Waals surface area contributed by atoms with Gasteiger partial charge >= 0.3 is 0 Å². The second-order valence-corrected chi connectivity index (χ2v) is 7.42. The fourth-order valence-electron chi connectivity index (χ4n) is 4.24. The van der Waals surface area contributed by atoms with Gasteiger partial charge in [-0.15, -0.1) is 0 Å². The summed E-state index contributed by atoms with van der Waals surface area (Å²) in [6.45, 7) is 8.95. The summed E-state index contributed by atoms with van der Waals surface area (Å²) in [5.41, 5.74) is 4.08. The summed E-state index contributed by atoms with van der Waals surface area (Å²) in [5, 5.41) is 5.25. The lowest BCUT2D eigenvalue weighted by Gasteiger charge is -2.49. The lowest BCUT2D eigenvalue weighted by Crippen LogP contribution is -2.59. The Morgan fingerprint density at radius 2 is 2.09 bits per heavy atom. The fourth-order valence-corrected chi connectivity index (χ4v) is 4.24. The van der Waals surface area contributed by atoms with Crippen LogP contribution in [-0.2, 0) is 6.42 Å². The number of nitrogens with one attached hydrogen (secondary N) is 2. The van der Waals surface area contributed by atoms with Gasteiger partial charge in [0.05, 0.1) is 0 Å². The second kappa shape index (κ2) is 4.85. The number of aromatic amines is 1. The molecule has 4 rings (SSSR count). The highest BCUT2D eigenvalue weighted by Gasteiger charge is 2.42. The Labute approximate surface area is 132 Å². The van der Waals surface area contributed by atoms with Gasteiger partial charge in [-0.25, -0.2) is 0 Å². The molecule has 2 nitrogen and oxygen atoms in total. The maximum atomic E-state index is 4.29. The molecular weight excluding hydrogens is 268 g/mol. The number of rotatable bonds is 2. The Bertz CT molecular complexity index is 750. The lowest BCUT2D eigenvalue weighted by molar-refractivity contribution is 0.143. The Morgan fingerprint density at radius 3 is 2.95 bits per heavy atom. The summed E-state index contributed by atoms with van der Waals surface area (Å²) in [6.07, 6.45) is 9.05. The Kier molecular flexibility index (Phi) is 3.05. The summed E-state index contributed by atoms with van der Waals surface area (Å²) in [7, 11) is 0. The van der Waals surface area contributed by atoms with Crippen LogP contribution in [0.1, 0.15) is 25.8 Å². The van der Waals surface area contributed by atoms with Gasteiger partial charge in [0.25, 0.3) is 0 Å². The van der Waals surface area contributed by atoms with E-state index in [0.29, 0.717) is 17.9 Å². The first-order chi connectivity index (χ1) is 10.5. The molecule has 0 spiro atoms. The number of allylic oxidation sites excluding steroid dienone is 1. The van der Waals surface area contributed by atoms with Crippen LogP contribution in [0.15, 0.2) is 54.8 Å². The van der Waals surface area contributed by atoms with Crippen molar-refractivity contribution in [1.82, 2.24) is 10.3 Å². The quantitative estimate of drug-likeness (QED) is 0.852. The van der Waals surface area contributed by atoms with Gasteiger partial charge in [0.15, 0.2) is 0 Å². The van der Waals surface area contributed by atoms with Gasteiger partial charge in [-0.05, 0) is 50.2 Å². The topological polar surface area (TPSA) is 27.8 Å². The zero-order valence-electron chi connectivity index (χ0n) is 13.4. The zero-order chi connectivity index (χ0) is 15.3. The van der Waals surface area contributed by atoms with Gasteiger partial charge in [0, 0.05) is 28.7 Å². The average molecular weight is 292 g/mol. The molecule has 3 atom stereocenters. The van der Waals surface area contributed by atoms with E-state index in [-0.39, 0.29) is 5.54 Å². The minimum Gasteiger partial charge on any atom is -0.361 e. The second-order valence-electron chi connectivity index (χ2n) is 7.42. The van der Waals surface area contributed by atoms with Crippen LogP contribution >= 0.6 is 0 Å². The minimum atomic E-state index is 0.157. The van der Waals surface area contributed by atoms with Crippen LogP contribution in [0, 0.1) is 11.8 Å². The van der Waals surface area contributed by atoms with E-state index in [4.69, 9.17) is 0 Å². The highest BCUT2D eigenvalue weighted by Crippen LogP contribution is 2.41. The molecule has 1 aliphatic carbocycles. The molecule has 22 heavy (non-hydrogen) atoms. The van der Waals surface area contributed by atoms with E-state index in [1.165, 1.54) is 28.5 Å². The third-order valence-electron chi connectivity index (χ3n) is 5.61. The molecule has 0 radical (unpaired) electrons. The average Bonchev–Trinajstić information content (AvgIpc) is 2.89. The minimum absolute atomic E-state index is 0.157. The molecular formula is C20H24N2. The van der Waals surface area contributed by atoms with Crippen molar-refractivity contribution in [2.45, 2.75) is 38.3 Å². The third-order valence-corrected chi connectivity index (χ3v) is 5.61. The van der Waals surface area contributed by atoms with E-state index in [2.05, 4.69) is 73.3 Å². The smallest absolute Gasteiger partial charge is 0.0456 e. The number of benzene rings is 1. The Morgan fingerprint density at radius 1 is 1.27 bits per heavy atom. The fraction of sp³-hybridized carbons (Fsp3) is 0.400. The van der Waals surface area contributed by atoms with E-state index in [0.717, 1.165) is 6.42 Å². The van der Waals surface area contributed by atoms with Gasteiger partial charge < -0.3 is 10.3 Å². The van der Waals surface area contributed by atoms with Crippen molar-refractivity contribution in [3.05, 3.63) is 60.3 Å². The summed E-state index contributed by atoms with van der Waals surface area (Å²) in [4.78, 5) is 3.40. The van der Waals surface area contributed by atoms with Crippen molar-refractivity contribution < 1.29 is 0 Å². The van der Waals surface area contributed by atoms with Crippen molar-refractivity contribution in [3.63, 3.8) is 0 Å². The summed E-state index contributed by atoms with van der Waals surface area (Å²) in [6, 6.07) is 9.03. The van der Waals surface area contributed by atoms with Crippen LogP contribution in [0.2, 0.25) is 0 Å². The molecule has 1 fully saturated rings. The third kappa shape index (κ3) is 2.14. The van der Waals surface area contributed by atoms with E-state index < -0.39 is 0 Å². The maximum Gasteiger partial charge on any atom is 0.0456 e. The Balaban J connectivity index is 1.67. The highest BCUT2D eigenvalue weighted by atomic mass is 15.0. The molecule has 2 N–H and O–H groups in total. The standard InChI is InChI=1S/C20H24N2/c1-13-8-9-15-11-17(13)19(22-20(15,2)3)10-14-12-21-18-7-5-4-6-16(14)18/h4-9,12,15,17,19,21-22H,1,10-11H2,2-3H3. The number of para-hydroxylation sites is 1. The molecule has 2 heteroatoms. The van der Waals surface area contributed by atoms with Crippen LogP contribution < -0.4 is 5.32 Å². The monoisotopic (exact) mass is 292 g/mol. The molecule has 2 aliphatic rings. The predicted octanol–water partition coefficient (Wildman–Crippen LogP) is 4.21. The van der Waals surface area contributed by atoms with Crippen molar-refractivity contribution in [1.29, 1.82) is 0 Å². The van der Waals surface area contributed by atoms with Gasteiger partial charge in [0.1, 0.15) is 0 Å². The van der Waals surface area contributed by atoms with Crippen molar-refractivity contribution in [2.75, 3.05) is 0 Å². The summed E-state index contributed by atoms with van der Waals surface area (Å²) in [5.74, 6) is 1.17. The van der Waals surface area contributed by atoms with Crippen LogP contribution in [-0.4, -0.2) is 16.6 Å². The molecule has 1 aromatic carbocycles. The van der Waals surface area contributed by atoms with E-state index >= 15 is 0 Å². The van der Waals surface area contributed by atoms with Gasteiger partial charge in [-0.2, -0.15) is 0 Å².